The van der Waals surface area contributed by atoms with E-state index in [0.717, 1.165) is 33.2 Å². The predicted molar refractivity (Wildman–Crippen MR) is 62.9 cm³/mol. The molecule has 0 amide bonds. The zero-order valence-corrected chi connectivity index (χ0v) is 8.45. The number of benzene rings is 2. The molecule has 0 fully saturated rings. The van der Waals surface area contributed by atoms with Crippen molar-refractivity contribution in [1.82, 2.24) is 0 Å². The fourth-order valence-electron chi connectivity index (χ4n) is 1.96. The van der Waals surface area contributed by atoms with E-state index in [1.54, 1.807) is 0 Å². The summed E-state index contributed by atoms with van der Waals surface area (Å²) in [6, 6.07) is 11.9. The Morgan fingerprint density at radius 2 is 1.93 bits per heavy atom. The minimum absolute atomic E-state index is 0.770. The average Bonchev–Trinajstić information content (AvgIpc) is 2.58. The van der Waals surface area contributed by atoms with Crippen LogP contribution in [0.1, 0.15) is 5.56 Å². The van der Waals surface area contributed by atoms with Crippen molar-refractivity contribution in [2.24, 2.45) is 0 Å². The second kappa shape index (κ2) is 2.76. The molecule has 3 rings (SSSR count). The van der Waals surface area contributed by atoms with Gasteiger partial charge in [-0.25, -0.2) is 0 Å². The average molecular weight is 197 g/mol. The van der Waals surface area contributed by atoms with Crippen molar-refractivity contribution in [2.75, 3.05) is 5.73 Å². The number of nitrogen functional groups attached to an aromatic ring is 1. The molecule has 0 spiro atoms. The van der Waals surface area contributed by atoms with Gasteiger partial charge in [-0.1, -0.05) is 18.2 Å². The Labute approximate surface area is 87.3 Å². The molecule has 0 saturated heterocycles. The number of hydrogen-bond acceptors (Lipinski definition) is 2. The third kappa shape index (κ3) is 1.11. The van der Waals surface area contributed by atoms with E-state index >= 15 is 0 Å². The Kier molecular flexibility index (Phi) is 1.54. The highest BCUT2D eigenvalue weighted by Crippen LogP contribution is 2.31. The fraction of sp³-hybridized carbons (Fsp3) is 0.0769. The lowest BCUT2D eigenvalue weighted by Crippen LogP contribution is -1.81. The van der Waals surface area contributed by atoms with Crippen LogP contribution in [0.4, 0.5) is 5.69 Å². The zero-order chi connectivity index (χ0) is 10.4. The summed E-state index contributed by atoms with van der Waals surface area (Å²) in [5, 5.41) is 2.23. The van der Waals surface area contributed by atoms with Crippen molar-refractivity contribution in [3.8, 4) is 0 Å². The second-order valence-corrected chi connectivity index (χ2v) is 3.81. The van der Waals surface area contributed by atoms with Gasteiger partial charge in [-0.3, -0.25) is 0 Å². The first-order valence-electron chi connectivity index (χ1n) is 4.93. The molecule has 3 aromatic rings. The molecule has 0 atom stereocenters. The number of aryl methyl sites for hydroxylation is 1. The molecule has 2 aromatic carbocycles. The van der Waals surface area contributed by atoms with Crippen LogP contribution >= 0.6 is 0 Å². The second-order valence-electron chi connectivity index (χ2n) is 3.81. The third-order valence-corrected chi connectivity index (χ3v) is 2.72. The largest absolute Gasteiger partial charge is 0.456 e. The standard InChI is InChI=1S/C13H11NO/c1-8-3-2-4-10-11-7-9(14)5-6-12(11)15-13(8)10/h2-7H,14H2,1H3. The van der Waals surface area contributed by atoms with E-state index in [9.17, 15) is 0 Å². The maximum Gasteiger partial charge on any atom is 0.138 e. The topological polar surface area (TPSA) is 39.2 Å². The van der Waals surface area contributed by atoms with Gasteiger partial charge in [-0.05, 0) is 30.7 Å². The van der Waals surface area contributed by atoms with E-state index in [-0.39, 0.29) is 0 Å². The summed E-state index contributed by atoms with van der Waals surface area (Å²) in [7, 11) is 0. The van der Waals surface area contributed by atoms with Crippen LogP contribution in [0.5, 0.6) is 0 Å². The zero-order valence-electron chi connectivity index (χ0n) is 8.45. The molecular weight excluding hydrogens is 186 g/mol. The minimum atomic E-state index is 0.770. The first kappa shape index (κ1) is 8.36. The molecule has 0 saturated carbocycles. The first-order valence-corrected chi connectivity index (χ1v) is 4.93. The number of hydrogen-bond donors (Lipinski definition) is 1. The number of para-hydroxylation sites is 1. The summed E-state index contributed by atoms with van der Waals surface area (Å²) in [4.78, 5) is 0. The van der Waals surface area contributed by atoms with Crippen LogP contribution in [0, 0.1) is 6.92 Å². The minimum Gasteiger partial charge on any atom is -0.456 e. The molecule has 1 aromatic heterocycles. The summed E-state index contributed by atoms with van der Waals surface area (Å²) in [6.45, 7) is 2.05. The van der Waals surface area contributed by atoms with Gasteiger partial charge in [0.05, 0.1) is 0 Å². The van der Waals surface area contributed by atoms with Gasteiger partial charge in [0.15, 0.2) is 0 Å². The molecule has 0 unspecified atom stereocenters. The lowest BCUT2D eigenvalue weighted by Gasteiger charge is -1.92. The van der Waals surface area contributed by atoms with Crippen LogP contribution < -0.4 is 5.73 Å². The van der Waals surface area contributed by atoms with Gasteiger partial charge in [0.1, 0.15) is 11.2 Å². The van der Waals surface area contributed by atoms with Crippen molar-refractivity contribution in [2.45, 2.75) is 6.92 Å². The Hall–Kier alpha value is -1.96. The number of fused-ring (bicyclic) bond motifs is 3. The first-order chi connectivity index (χ1) is 7.25. The van der Waals surface area contributed by atoms with E-state index in [4.69, 9.17) is 10.2 Å². The molecule has 74 valence electrons. The Bertz CT molecular complexity index is 652. The highest BCUT2D eigenvalue weighted by molar-refractivity contribution is 6.06. The van der Waals surface area contributed by atoms with Crippen LogP contribution in [0.2, 0.25) is 0 Å². The van der Waals surface area contributed by atoms with Gasteiger partial charge >= 0.3 is 0 Å². The van der Waals surface area contributed by atoms with Crippen LogP contribution in [-0.2, 0) is 0 Å². The molecule has 15 heavy (non-hydrogen) atoms. The molecular formula is C13H11NO. The lowest BCUT2D eigenvalue weighted by atomic mass is 10.1. The maximum absolute atomic E-state index is 5.78. The van der Waals surface area contributed by atoms with E-state index in [1.807, 2.05) is 37.3 Å². The highest BCUT2D eigenvalue weighted by atomic mass is 16.3. The summed E-state index contributed by atoms with van der Waals surface area (Å²) in [6.07, 6.45) is 0. The van der Waals surface area contributed by atoms with Gasteiger partial charge in [0, 0.05) is 16.5 Å². The summed E-state index contributed by atoms with van der Waals surface area (Å²) in [5.41, 5.74) is 9.55. The molecule has 2 N–H and O–H groups in total. The smallest absolute Gasteiger partial charge is 0.138 e. The van der Waals surface area contributed by atoms with Crippen molar-refractivity contribution in [3.63, 3.8) is 0 Å². The van der Waals surface area contributed by atoms with Crippen LogP contribution in [0.15, 0.2) is 40.8 Å². The highest BCUT2D eigenvalue weighted by Gasteiger charge is 2.07. The number of nitrogens with two attached hydrogens (primary N) is 1. The molecule has 1 heterocycles. The van der Waals surface area contributed by atoms with E-state index < -0.39 is 0 Å². The van der Waals surface area contributed by atoms with Gasteiger partial charge < -0.3 is 10.2 Å². The number of furan rings is 1. The van der Waals surface area contributed by atoms with Crippen LogP contribution in [-0.4, -0.2) is 0 Å². The summed E-state index contributed by atoms with van der Waals surface area (Å²) >= 11 is 0. The fourth-order valence-corrected chi connectivity index (χ4v) is 1.96. The van der Waals surface area contributed by atoms with Gasteiger partial charge in [0.25, 0.3) is 0 Å². The number of anilines is 1. The Morgan fingerprint density at radius 1 is 1.07 bits per heavy atom. The Morgan fingerprint density at radius 3 is 2.80 bits per heavy atom. The SMILES string of the molecule is Cc1cccc2c1oc1ccc(N)cc12. The molecule has 0 aliphatic rings. The maximum atomic E-state index is 5.78. The third-order valence-electron chi connectivity index (χ3n) is 2.72. The summed E-state index contributed by atoms with van der Waals surface area (Å²) < 4.78 is 5.78. The van der Waals surface area contributed by atoms with Gasteiger partial charge in [-0.15, -0.1) is 0 Å². The van der Waals surface area contributed by atoms with Crippen molar-refractivity contribution >= 4 is 27.6 Å². The van der Waals surface area contributed by atoms with Crippen molar-refractivity contribution in [1.29, 1.82) is 0 Å². The van der Waals surface area contributed by atoms with E-state index in [2.05, 4.69) is 6.07 Å². The van der Waals surface area contributed by atoms with E-state index in [0.29, 0.717) is 0 Å². The quantitative estimate of drug-likeness (QED) is 0.560. The monoisotopic (exact) mass is 197 g/mol. The molecule has 0 radical (unpaired) electrons. The van der Waals surface area contributed by atoms with Crippen LogP contribution in [0.3, 0.4) is 0 Å². The van der Waals surface area contributed by atoms with Crippen LogP contribution in [0.25, 0.3) is 21.9 Å². The Balaban J connectivity index is 2.58. The van der Waals surface area contributed by atoms with Gasteiger partial charge in [0.2, 0.25) is 0 Å². The molecule has 0 aliphatic heterocycles. The molecule has 2 heteroatoms. The molecule has 0 bridgehead atoms. The number of rotatable bonds is 0. The lowest BCUT2D eigenvalue weighted by molar-refractivity contribution is 0.666. The predicted octanol–water partition coefficient (Wildman–Crippen LogP) is 3.48. The van der Waals surface area contributed by atoms with Crippen molar-refractivity contribution in [3.05, 3.63) is 42.0 Å². The normalized spacial score (nSPS) is 11.3. The summed E-state index contributed by atoms with van der Waals surface area (Å²) in [5.74, 6) is 0. The van der Waals surface area contributed by atoms with E-state index in [1.165, 1.54) is 0 Å². The molecule has 0 aliphatic carbocycles. The molecule has 2 nitrogen and oxygen atoms in total. The van der Waals surface area contributed by atoms with Gasteiger partial charge in [-0.2, -0.15) is 0 Å². The van der Waals surface area contributed by atoms with Crippen molar-refractivity contribution < 1.29 is 4.42 Å².